The van der Waals surface area contributed by atoms with Crippen molar-refractivity contribution >= 4 is 16.7 Å². The van der Waals surface area contributed by atoms with Gasteiger partial charge in [-0.15, -0.1) is 0 Å². The number of benzene rings is 3. The Bertz CT molecular complexity index is 1100. The SMILES string of the molecule is COC(=O)c1cc2c(c3ccccc13)O[C@@H](c1cc(F)c(F)cc1F)[C@H](N)C2. The number of fused-ring (bicyclic) bond motifs is 3. The molecule has 4 nitrogen and oxygen atoms in total. The van der Waals surface area contributed by atoms with Crippen molar-refractivity contribution in [1.82, 2.24) is 0 Å². The van der Waals surface area contributed by atoms with E-state index in [4.69, 9.17) is 15.2 Å². The Balaban J connectivity index is 1.87. The third-order valence-electron chi connectivity index (χ3n) is 4.91. The fourth-order valence-corrected chi connectivity index (χ4v) is 3.60. The lowest BCUT2D eigenvalue weighted by atomic mass is 9.89. The number of hydrogen-bond acceptors (Lipinski definition) is 4. The van der Waals surface area contributed by atoms with E-state index in [1.165, 1.54) is 7.11 Å². The van der Waals surface area contributed by atoms with Gasteiger partial charge in [-0.3, -0.25) is 0 Å². The minimum atomic E-state index is -1.28. The second-order valence-corrected chi connectivity index (χ2v) is 6.64. The Morgan fingerprint density at radius 3 is 2.46 bits per heavy atom. The molecule has 3 aromatic carbocycles. The molecule has 0 saturated carbocycles. The number of nitrogens with two attached hydrogens (primary N) is 1. The molecule has 0 fully saturated rings. The van der Waals surface area contributed by atoms with Crippen LogP contribution in [0.4, 0.5) is 13.2 Å². The van der Waals surface area contributed by atoms with Gasteiger partial charge in [-0.05, 0) is 29.5 Å². The Morgan fingerprint density at radius 2 is 1.75 bits per heavy atom. The number of hydrogen-bond donors (Lipinski definition) is 1. The molecular formula is C21H16F3NO3. The molecule has 0 amide bonds. The van der Waals surface area contributed by atoms with Crippen molar-refractivity contribution in [3.05, 3.63) is 76.6 Å². The van der Waals surface area contributed by atoms with Gasteiger partial charge in [0.25, 0.3) is 0 Å². The molecule has 0 spiro atoms. The molecule has 0 aliphatic carbocycles. The number of carbonyl (C=O) groups is 1. The van der Waals surface area contributed by atoms with Gasteiger partial charge >= 0.3 is 5.97 Å². The number of rotatable bonds is 2. The summed E-state index contributed by atoms with van der Waals surface area (Å²) in [5.74, 6) is -3.46. The number of halogens is 3. The first kappa shape index (κ1) is 18.3. The van der Waals surface area contributed by atoms with E-state index in [-0.39, 0.29) is 12.0 Å². The van der Waals surface area contributed by atoms with Gasteiger partial charge in [0.2, 0.25) is 0 Å². The van der Waals surface area contributed by atoms with Crippen LogP contribution >= 0.6 is 0 Å². The number of methoxy groups -OCH3 is 1. The molecule has 1 aliphatic heterocycles. The van der Waals surface area contributed by atoms with Crippen molar-refractivity contribution in [2.45, 2.75) is 18.6 Å². The largest absolute Gasteiger partial charge is 0.483 e. The summed E-state index contributed by atoms with van der Waals surface area (Å²) in [4.78, 5) is 12.2. The van der Waals surface area contributed by atoms with Crippen molar-refractivity contribution < 1.29 is 27.4 Å². The fourth-order valence-electron chi connectivity index (χ4n) is 3.60. The molecular weight excluding hydrogens is 371 g/mol. The minimum absolute atomic E-state index is 0.154. The second kappa shape index (κ2) is 6.83. The maximum Gasteiger partial charge on any atom is 0.338 e. The van der Waals surface area contributed by atoms with Crippen LogP contribution in [0.15, 0.2) is 42.5 Å². The summed E-state index contributed by atoms with van der Waals surface area (Å²) in [6.07, 6.45) is -0.747. The summed E-state index contributed by atoms with van der Waals surface area (Å²) in [5.41, 5.74) is 7.03. The van der Waals surface area contributed by atoms with Crippen molar-refractivity contribution in [1.29, 1.82) is 0 Å². The van der Waals surface area contributed by atoms with Gasteiger partial charge in [0.05, 0.1) is 18.7 Å². The summed E-state index contributed by atoms with van der Waals surface area (Å²) in [7, 11) is 1.29. The average molecular weight is 387 g/mol. The van der Waals surface area contributed by atoms with Crippen LogP contribution in [-0.4, -0.2) is 19.1 Å². The summed E-state index contributed by atoms with van der Waals surface area (Å²) in [6, 6.07) is 9.21. The first-order valence-electron chi connectivity index (χ1n) is 8.60. The zero-order valence-corrected chi connectivity index (χ0v) is 14.8. The van der Waals surface area contributed by atoms with E-state index in [9.17, 15) is 18.0 Å². The third-order valence-corrected chi connectivity index (χ3v) is 4.91. The highest BCUT2D eigenvalue weighted by Crippen LogP contribution is 2.41. The Labute approximate surface area is 158 Å². The number of esters is 1. The molecule has 4 rings (SSSR count). The zero-order chi connectivity index (χ0) is 20.0. The van der Waals surface area contributed by atoms with Crippen molar-refractivity contribution in [2.24, 2.45) is 5.73 Å². The van der Waals surface area contributed by atoms with E-state index in [0.29, 0.717) is 33.7 Å². The summed E-state index contributed by atoms with van der Waals surface area (Å²) >= 11 is 0. The van der Waals surface area contributed by atoms with Crippen LogP contribution in [0.5, 0.6) is 5.75 Å². The molecule has 0 saturated heterocycles. The van der Waals surface area contributed by atoms with Gasteiger partial charge in [-0.2, -0.15) is 0 Å². The fraction of sp³-hybridized carbons (Fsp3) is 0.190. The van der Waals surface area contributed by atoms with E-state index in [2.05, 4.69) is 0 Å². The van der Waals surface area contributed by atoms with Gasteiger partial charge in [-0.1, -0.05) is 24.3 Å². The Hall–Kier alpha value is -3.06. The van der Waals surface area contributed by atoms with Crippen molar-refractivity contribution in [2.75, 3.05) is 7.11 Å². The molecule has 28 heavy (non-hydrogen) atoms. The number of ether oxygens (including phenoxy) is 2. The van der Waals surface area contributed by atoms with Gasteiger partial charge in [-0.25, -0.2) is 18.0 Å². The van der Waals surface area contributed by atoms with Crippen LogP contribution in [0.3, 0.4) is 0 Å². The van der Waals surface area contributed by atoms with E-state index in [1.807, 2.05) is 0 Å². The molecule has 1 aliphatic rings. The highest BCUT2D eigenvalue weighted by Gasteiger charge is 2.33. The zero-order valence-electron chi connectivity index (χ0n) is 14.8. The highest BCUT2D eigenvalue weighted by molar-refractivity contribution is 6.07. The van der Waals surface area contributed by atoms with Crippen LogP contribution in [0, 0.1) is 17.5 Å². The van der Waals surface area contributed by atoms with Crippen molar-refractivity contribution in [3.8, 4) is 5.75 Å². The average Bonchev–Trinajstić information content (AvgIpc) is 2.69. The second-order valence-electron chi connectivity index (χ2n) is 6.64. The Kier molecular flexibility index (Phi) is 4.47. The normalized spacial score (nSPS) is 18.5. The van der Waals surface area contributed by atoms with E-state index in [1.54, 1.807) is 30.3 Å². The van der Waals surface area contributed by atoms with Gasteiger partial charge in [0.1, 0.15) is 17.7 Å². The van der Waals surface area contributed by atoms with Crippen LogP contribution < -0.4 is 10.5 Å². The molecule has 0 bridgehead atoms. The van der Waals surface area contributed by atoms with E-state index < -0.39 is 35.6 Å². The van der Waals surface area contributed by atoms with Gasteiger partial charge < -0.3 is 15.2 Å². The third kappa shape index (κ3) is 2.88. The van der Waals surface area contributed by atoms with Crippen LogP contribution in [-0.2, 0) is 11.2 Å². The summed E-state index contributed by atoms with van der Waals surface area (Å²) < 4.78 is 52.1. The lowest BCUT2D eigenvalue weighted by Gasteiger charge is -2.33. The monoisotopic (exact) mass is 387 g/mol. The molecule has 0 radical (unpaired) electrons. The molecule has 0 unspecified atom stereocenters. The first-order valence-corrected chi connectivity index (χ1v) is 8.60. The standard InChI is InChI=1S/C21H16F3NO3/c1-27-21(26)13-6-10-7-18(25)20(14-8-16(23)17(24)9-15(14)22)28-19(10)12-5-3-2-4-11(12)13/h2-6,8-9,18,20H,7,25H2,1H3/t18-,20+/m1/s1. The van der Waals surface area contributed by atoms with Gasteiger partial charge in [0.15, 0.2) is 11.6 Å². The smallest absolute Gasteiger partial charge is 0.338 e. The van der Waals surface area contributed by atoms with Crippen LogP contribution in [0.1, 0.15) is 27.6 Å². The predicted octanol–water partition coefficient (Wildman–Crippen LogP) is 4.05. The molecule has 144 valence electrons. The maximum absolute atomic E-state index is 14.3. The van der Waals surface area contributed by atoms with Crippen LogP contribution in [0.2, 0.25) is 0 Å². The van der Waals surface area contributed by atoms with E-state index >= 15 is 0 Å². The lowest BCUT2D eigenvalue weighted by Crippen LogP contribution is -2.38. The topological polar surface area (TPSA) is 61.5 Å². The van der Waals surface area contributed by atoms with Gasteiger partial charge in [0, 0.05) is 17.0 Å². The molecule has 7 heteroatoms. The van der Waals surface area contributed by atoms with Crippen LogP contribution in [0.25, 0.3) is 10.8 Å². The summed E-state index contributed by atoms with van der Waals surface area (Å²) in [5, 5.41) is 1.23. The molecule has 1 heterocycles. The quantitative estimate of drug-likeness (QED) is 0.532. The maximum atomic E-state index is 14.3. The molecule has 2 atom stereocenters. The number of carbonyl (C=O) groups excluding carboxylic acids is 1. The lowest BCUT2D eigenvalue weighted by molar-refractivity contribution is 0.0602. The Morgan fingerprint density at radius 1 is 1.07 bits per heavy atom. The predicted molar refractivity (Wildman–Crippen MR) is 96.7 cm³/mol. The van der Waals surface area contributed by atoms with E-state index in [0.717, 1.165) is 6.07 Å². The summed E-state index contributed by atoms with van der Waals surface area (Å²) in [6.45, 7) is 0. The van der Waals surface area contributed by atoms with Crippen molar-refractivity contribution in [3.63, 3.8) is 0 Å². The molecule has 3 aromatic rings. The molecule has 0 aromatic heterocycles. The highest BCUT2D eigenvalue weighted by atomic mass is 19.2. The minimum Gasteiger partial charge on any atom is -0.483 e. The first-order chi connectivity index (χ1) is 13.4. The molecule has 2 N–H and O–H groups in total.